The molecule has 2 aliphatic rings. The number of hydrogen-bond donors (Lipinski definition) is 0. The first-order chi connectivity index (χ1) is 11.0. The number of fused-ring (bicyclic) bond motifs is 1. The second-order valence-electron chi connectivity index (χ2n) is 6.58. The summed E-state index contributed by atoms with van der Waals surface area (Å²) in [6.07, 6.45) is 17.9. The van der Waals surface area contributed by atoms with Crippen LogP contribution in [0.3, 0.4) is 0 Å². The summed E-state index contributed by atoms with van der Waals surface area (Å²) in [4.78, 5) is 0. The molecule has 0 unspecified atom stereocenters. The van der Waals surface area contributed by atoms with Crippen LogP contribution in [0.1, 0.15) is 46.0 Å². The lowest BCUT2D eigenvalue weighted by Crippen LogP contribution is -2.36. The van der Waals surface area contributed by atoms with E-state index in [1.165, 1.54) is 6.42 Å². The monoisotopic (exact) mass is 322 g/mol. The summed E-state index contributed by atoms with van der Waals surface area (Å²) in [6, 6.07) is 0. The molecule has 0 radical (unpaired) electrons. The first-order valence-electron chi connectivity index (χ1n) is 8.49. The molecule has 0 aromatic rings. The maximum Gasteiger partial charge on any atom is 0.165 e. The summed E-state index contributed by atoms with van der Waals surface area (Å²) >= 11 is 0. The number of hydrogen-bond acceptors (Lipinski definition) is 4. The molecule has 1 aliphatic carbocycles. The zero-order valence-electron chi connectivity index (χ0n) is 14.8. The molecule has 2 rings (SSSR count). The van der Waals surface area contributed by atoms with Crippen LogP contribution in [0.4, 0.5) is 0 Å². The van der Waals surface area contributed by atoms with E-state index in [2.05, 4.69) is 24.3 Å². The Morgan fingerprint density at radius 2 is 1.91 bits per heavy atom. The third kappa shape index (κ3) is 5.01. The smallest absolute Gasteiger partial charge is 0.165 e. The number of ether oxygens (including phenoxy) is 4. The molecule has 0 N–H and O–H groups in total. The van der Waals surface area contributed by atoms with Gasteiger partial charge in [-0.2, -0.15) is 0 Å². The lowest BCUT2D eigenvalue weighted by molar-refractivity contribution is -0.147. The summed E-state index contributed by atoms with van der Waals surface area (Å²) in [5.74, 6) is -0.552. The van der Waals surface area contributed by atoms with Gasteiger partial charge in [-0.05, 0) is 51.7 Å². The summed E-state index contributed by atoms with van der Waals surface area (Å²) in [5.41, 5.74) is -0.449. The van der Waals surface area contributed by atoms with Crippen molar-refractivity contribution >= 4 is 0 Å². The Morgan fingerprint density at radius 1 is 1.13 bits per heavy atom. The maximum absolute atomic E-state index is 6.15. The molecule has 0 amide bonds. The zero-order valence-corrected chi connectivity index (χ0v) is 14.8. The number of unbranched alkanes of at least 4 members (excludes halogenated alkanes) is 3. The molecule has 0 aromatic heterocycles. The van der Waals surface area contributed by atoms with Crippen LogP contribution in [0.15, 0.2) is 36.5 Å². The highest BCUT2D eigenvalue weighted by Crippen LogP contribution is 2.40. The normalized spacial score (nSPS) is 28.8. The van der Waals surface area contributed by atoms with Gasteiger partial charge in [-0.1, -0.05) is 30.7 Å². The molecule has 1 aliphatic heterocycles. The Labute approximate surface area is 140 Å². The lowest BCUT2D eigenvalue weighted by atomic mass is 9.91. The fourth-order valence-electron chi connectivity index (χ4n) is 3.13. The second kappa shape index (κ2) is 8.25. The Bertz CT molecular complexity index is 448. The Morgan fingerprint density at radius 3 is 2.65 bits per heavy atom. The van der Waals surface area contributed by atoms with Gasteiger partial charge in [-0.25, -0.2) is 0 Å². The minimum Gasteiger partial charge on any atom is -0.356 e. The minimum absolute atomic E-state index is 0.0390. The molecule has 0 bridgehead atoms. The first-order valence-corrected chi connectivity index (χ1v) is 8.49. The van der Waals surface area contributed by atoms with Gasteiger partial charge in [-0.3, -0.25) is 0 Å². The highest BCUT2D eigenvalue weighted by molar-refractivity contribution is 5.32. The second-order valence-corrected chi connectivity index (χ2v) is 6.58. The molecule has 0 saturated carbocycles. The van der Waals surface area contributed by atoms with Gasteiger partial charge in [0, 0.05) is 14.2 Å². The topological polar surface area (TPSA) is 36.9 Å². The van der Waals surface area contributed by atoms with Crippen LogP contribution in [0.25, 0.3) is 0 Å². The number of allylic oxidation sites excluding steroid dienone is 3. The fourth-order valence-corrected chi connectivity index (χ4v) is 3.13. The van der Waals surface area contributed by atoms with E-state index in [4.69, 9.17) is 18.9 Å². The molecule has 130 valence electrons. The largest absolute Gasteiger partial charge is 0.356 e. The van der Waals surface area contributed by atoms with Crippen molar-refractivity contribution in [2.45, 2.75) is 69.7 Å². The van der Waals surface area contributed by atoms with Gasteiger partial charge in [0.05, 0.1) is 0 Å². The molecular weight excluding hydrogens is 292 g/mol. The van der Waals surface area contributed by atoms with Crippen molar-refractivity contribution in [3.05, 3.63) is 36.5 Å². The van der Waals surface area contributed by atoms with Crippen molar-refractivity contribution in [3.63, 3.8) is 0 Å². The van der Waals surface area contributed by atoms with Gasteiger partial charge in [0.1, 0.15) is 11.7 Å². The van der Waals surface area contributed by atoms with Crippen LogP contribution in [0, 0.1) is 0 Å². The summed E-state index contributed by atoms with van der Waals surface area (Å²) < 4.78 is 22.5. The Hall–Kier alpha value is -0.940. The maximum atomic E-state index is 6.15. The van der Waals surface area contributed by atoms with Crippen LogP contribution in [-0.2, 0) is 18.9 Å². The van der Waals surface area contributed by atoms with E-state index >= 15 is 0 Å². The van der Waals surface area contributed by atoms with Crippen LogP contribution < -0.4 is 0 Å². The summed E-state index contributed by atoms with van der Waals surface area (Å²) in [5, 5.41) is 0. The molecule has 23 heavy (non-hydrogen) atoms. The van der Waals surface area contributed by atoms with Crippen molar-refractivity contribution in [3.8, 4) is 0 Å². The van der Waals surface area contributed by atoms with Crippen molar-refractivity contribution < 1.29 is 18.9 Å². The van der Waals surface area contributed by atoms with Gasteiger partial charge in [0.15, 0.2) is 12.1 Å². The third-order valence-electron chi connectivity index (χ3n) is 4.25. The molecular formula is C19H30O4. The Kier molecular flexibility index (Phi) is 6.60. The van der Waals surface area contributed by atoms with E-state index in [-0.39, 0.29) is 12.4 Å². The highest BCUT2D eigenvalue weighted by Gasteiger charge is 2.49. The van der Waals surface area contributed by atoms with Crippen LogP contribution in [0.2, 0.25) is 0 Å². The molecule has 0 spiro atoms. The molecule has 1 fully saturated rings. The standard InChI is InChI=1S/C19H30O4/c1-18(2)22-16-12-9-11-15-19(16,23-18)14-10-7-5-6-8-13-17(20-3)21-4/h9-12,14-17H,5-8,13H2,1-4H3/b14-10-/t16-,19+/m1/s1. The van der Waals surface area contributed by atoms with Crippen molar-refractivity contribution in [2.75, 3.05) is 14.2 Å². The summed E-state index contributed by atoms with van der Waals surface area (Å²) in [6.45, 7) is 3.93. The first kappa shape index (κ1) is 18.4. The van der Waals surface area contributed by atoms with Crippen molar-refractivity contribution in [2.24, 2.45) is 0 Å². The highest BCUT2D eigenvalue weighted by atomic mass is 16.8. The van der Waals surface area contributed by atoms with Gasteiger partial charge in [0.25, 0.3) is 0 Å². The molecule has 1 heterocycles. The van der Waals surface area contributed by atoms with Crippen LogP contribution in [-0.4, -0.2) is 38.0 Å². The van der Waals surface area contributed by atoms with Gasteiger partial charge < -0.3 is 18.9 Å². The molecule has 4 nitrogen and oxygen atoms in total. The molecule has 4 heteroatoms. The predicted octanol–water partition coefficient (Wildman–Crippen LogP) is 4.13. The van der Waals surface area contributed by atoms with E-state index in [1.54, 1.807) is 14.2 Å². The third-order valence-corrected chi connectivity index (χ3v) is 4.25. The SMILES string of the molecule is COC(CCCCC/C=C\[C@]12C=CC=C[C@H]1OC(C)(C)O2)OC. The summed E-state index contributed by atoms with van der Waals surface area (Å²) in [7, 11) is 3.37. The van der Waals surface area contributed by atoms with E-state index in [0.717, 1.165) is 25.7 Å². The van der Waals surface area contributed by atoms with Gasteiger partial charge >= 0.3 is 0 Å². The molecule has 2 atom stereocenters. The van der Waals surface area contributed by atoms with Crippen molar-refractivity contribution in [1.29, 1.82) is 0 Å². The number of rotatable bonds is 9. The van der Waals surface area contributed by atoms with E-state index in [0.29, 0.717) is 0 Å². The van der Waals surface area contributed by atoms with Crippen LogP contribution in [0.5, 0.6) is 0 Å². The Balaban J connectivity index is 1.75. The molecule has 1 saturated heterocycles. The average molecular weight is 322 g/mol. The molecule has 0 aromatic carbocycles. The predicted molar refractivity (Wildman–Crippen MR) is 91.1 cm³/mol. The fraction of sp³-hybridized carbons (Fsp3) is 0.684. The van der Waals surface area contributed by atoms with E-state index in [9.17, 15) is 0 Å². The van der Waals surface area contributed by atoms with E-state index < -0.39 is 11.4 Å². The minimum atomic E-state index is -0.552. The quantitative estimate of drug-likeness (QED) is 0.363. The van der Waals surface area contributed by atoms with Gasteiger partial charge in [-0.15, -0.1) is 0 Å². The van der Waals surface area contributed by atoms with E-state index in [1.807, 2.05) is 26.0 Å². The van der Waals surface area contributed by atoms with Gasteiger partial charge in [0.2, 0.25) is 0 Å². The van der Waals surface area contributed by atoms with Crippen molar-refractivity contribution in [1.82, 2.24) is 0 Å². The zero-order chi connectivity index (χ0) is 16.8. The lowest BCUT2D eigenvalue weighted by Gasteiger charge is -2.27. The van der Waals surface area contributed by atoms with Crippen LogP contribution >= 0.6 is 0 Å². The number of methoxy groups -OCH3 is 2. The average Bonchev–Trinajstić information content (AvgIpc) is 2.80.